The first kappa shape index (κ1) is 10.2. The van der Waals surface area contributed by atoms with E-state index in [9.17, 15) is 5.11 Å². The lowest BCUT2D eigenvalue weighted by Crippen LogP contribution is -2.21. The van der Waals surface area contributed by atoms with E-state index in [4.69, 9.17) is 5.73 Å². The monoisotopic (exact) mass is 204 g/mol. The van der Waals surface area contributed by atoms with Crippen molar-refractivity contribution >= 4 is 10.9 Å². The number of hydrogen-bond donors (Lipinski definition) is 2. The Morgan fingerprint density at radius 1 is 1.40 bits per heavy atom. The first-order chi connectivity index (χ1) is 7.20. The molecule has 0 saturated heterocycles. The highest BCUT2D eigenvalue weighted by Crippen LogP contribution is 2.17. The van der Waals surface area contributed by atoms with E-state index in [-0.39, 0.29) is 0 Å². The fourth-order valence-corrected chi connectivity index (χ4v) is 1.79. The fraction of sp³-hybridized carbons (Fsp3) is 0.333. The maximum absolute atomic E-state index is 9.47. The van der Waals surface area contributed by atoms with Gasteiger partial charge in [-0.1, -0.05) is 12.1 Å². The molecular weight excluding hydrogens is 188 g/mol. The van der Waals surface area contributed by atoms with Gasteiger partial charge in [0.05, 0.1) is 6.10 Å². The summed E-state index contributed by atoms with van der Waals surface area (Å²) >= 11 is 0. The second-order valence-electron chi connectivity index (χ2n) is 3.91. The van der Waals surface area contributed by atoms with Gasteiger partial charge in [-0.3, -0.25) is 0 Å². The highest BCUT2D eigenvalue weighted by atomic mass is 16.3. The van der Waals surface area contributed by atoms with Crippen LogP contribution in [0.15, 0.2) is 30.5 Å². The lowest BCUT2D eigenvalue weighted by molar-refractivity contribution is 0.183. The van der Waals surface area contributed by atoms with Crippen molar-refractivity contribution in [3.63, 3.8) is 0 Å². The molecule has 0 saturated carbocycles. The van der Waals surface area contributed by atoms with Crippen molar-refractivity contribution in [1.29, 1.82) is 0 Å². The van der Waals surface area contributed by atoms with Crippen LogP contribution in [0.2, 0.25) is 0 Å². The Morgan fingerprint density at radius 2 is 2.20 bits per heavy atom. The van der Waals surface area contributed by atoms with E-state index in [1.807, 2.05) is 19.3 Å². The molecule has 1 atom stereocenters. The number of aryl methyl sites for hydroxylation is 1. The number of benzene rings is 1. The number of fused-ring (bicyclic) bond motifs is 1. The van der Waals surface area contributed by atoms with Gasteiger partial charge in [-0.25, -0.2) is 0 Å². The van der Waals surface area contributed by atoms with E-state index < -0.39 is 6.10 Å². The highest BCUT2D eigenvalue weighted by molar-refractivity contribution is 5.80. The van der Waals surface area contributed by atoms with Crippen molar-refractivity contribution in [3.8, 4) is 0 Å². The third-order valence-electron chi connectivity index (χ3n) is 2.70. The smallest absolute Gasteiger partial charge is 0.0702 e. The zero-order chi connectivity index (χ0) is 10.8. The SMILES string of the molecule is Cn1ccc2ccc(CC(O)CN)cc21. The van der Waals surface area contributed by atoms with E-state index in [1.54, 1.807) is 0 Å². The zero-order valence-electron chi connectivity index (χ0n) is 8.85. The molecule has 2 aromatic rings. The van der Waals surface area contributed by atoms with Crippen molar-refractivity contribution in [2.24, 2.45) is 12.8 Å². The lowest BCUT2D eigenvalue weighted by atomic mass is 10.1. The number of nitrogens with two attached hydrogens (primary N) is 1. The van der Waals surface area contributed by atoms with Gasteiger partial charge in [0.1, 0.15) is 0 Å². The molecular formula is C12H16N2O. The van der Waals surface area contributed by atoms with Gasteiger partial charge >= 0.3 is 0 Å². The van der Waals surface area contributed by atoms with E-state index in [2.05, 4.69) is 22.8 Å². The van der Waals surface area contributed by atoms with Gasteiger partial charge in [0.25, 0.3) is 0 Å². The normalized spacial score (nSPS) is 13.3. The topological polar surface area (TPSA) is 51.2 Å². The van der Waals surface area contributed by atoms with Crippen molar-refractivity contribution in [2.45, 2.75) is 12.5 Å². The van der Waals surface area contributed by atoms with Crippen LogP contribution in [0.5, 0.6) is 0 Å². The van der Waals surface area contributed by atoms with Crippen molar-refractivity contribution in [3.05, 3.63) is 36.0 Å². The molecule has 0 amide bonds. The Morgan fingerprint density at radius 3 is 2.93 bits per heavy atom. The molecule has 80 valence electrons. The van der Waals surface area contributed by atoms with Crippen LogP contribution in [0.4, 0.5) is 0 Å². The Bertz CT molecular complexity index is 462. The predicted octanol–water partition coefficient (Wildman–Crippen LogP) is 1.04. The van der Waals surface area contributed by atoms with Crippen molar-refractivity contribution < 1.29 is 5.11 Å². The first-order valence-electron chi connectivity index (χ1n) is 5.13. The van der Waals surface area contributed by atoms with Crippen LogP contribution in [0.25, 0.3) is 10.9 Å². The molecule has 0 spiro atoms. The van der Waals surface area contributed by atoms with Gasteiger partial charge in [0.15, 0.2) is 0 Å². The molecule has 15 heavy (non-hydrogen) atoms. The number of hydrogen-bond acceptors (Lipinski definition) is 2. The first-order valence-corrected chi connectivity index (χ1v) is 5.13. The second kappa shape index (κ2) is 4.04. The minimum Gasteiger partial charge on any atom is -0.391 e. The molecule has 1 aromatic carbocycles. The minimum atomic E-state index is -0.442. The van der Waals surface area contributed by atoms with Gasteiger partial charge < -0.3 is 15.4 Å². The molecule has 3 heteroatoms. The maximum atomic E-state index is 9.47. The Hall–Kier alpha value is -1.32. The van der Waals surface area contributed by atoms with Crippen LogP contribution >= 0.6 is 0 Å². The number of nitrogens with zero attached hydrogens (tertiary/aromatic N) is 1. The minimum absolute atomic E-state index is 0.311. The summed E-state index contributed by atoms with van der Waals surface area (Å²) in [6, 6.07) is 8.31. The Kier molecular flexibility index (Phi) is 2.75. The molecule has 2 rings (SSSR count). The predicted molar refractivity (Wildman–Crippen MR) is 61.7 cm³/mol. The maximum Gasteiger partial charge on any atom is 0.0702 e. The molecule has 3 nitrogen and oxygen atoms in total. The summed E-state index contributed by atoms with van der Waals surface area (Å²) in [5.74, 6) is 0. The van der Waals surface area contributed by atoms with Gasteiger partial charge in [0, 0.05) is 25.3 Å². The summed E-state index contributed by atoms with van der Waals surface area (Å²) in [6.45, 7) is 0.311. The number of aliphatic hydroxyl groups excluding tert-OH is 1. The van der Waals surface area contributed by atoms with Crippen LogP contribution in [0, 0.1) is 0 Å². The Balaban J connectivity index is 2.33. The highest BCUT2D eigenvalue weighted by Gasteiger charge is 2.04. The largest absolute Gasteiger partial charge is 0.391 e. The summed E-state index contributed by atoms with van der Waals surface area (Å²) in [4.78, 5) is 0. The molecule has 0 aliphatic rings. The van der Waals surface area contributed by atoms with E-state index in [0.29, 0.717) is 13.0 Å². The van der Waals surface area contributed by atoms with E-state index in [1.165, 1.54) is 10.9 Å². The van der Waals surface area contributed by atoms with Crippen LogP contribution in [-0.4, -0.2) is 22.3 Å². The molecule has 0 aliphatic heterocycles. The average Bonchev–Trinajstić information content (AvgIpc) is 2.60. The molecule has 1 unspecified atom stereocenters. The molecule has 1 heterocycles. The third kappa shape index (κ3) is 2.03. The van der Waals surface area contributed by atoms with Crippen LogP contribution in [0.3, 0.4) is 0 Å². The summed E-state index contributed by atoms with van der Waals surface area (Å²) in [6.07, 6.45) is 2.22. The molecule has 0 aliphatic carbocycles. The quantitative estimate of drug-likeness (QED) is 0.785. The van der Waals surface area contributed by atoms with Crippen LogP contribution in [-0.2, 0) is 13.5 Å². The summed E-state index contributed by atoms with van der Waals surface area (Å²) in [7, 11) is 2.02. The number of aliphatic hydroxyl groups is 1. The summed E-state index contributed by atoms with van der Waals surface area (Å²) < 4.78 is 2.08. The van der Waals surface area contributed by atoms with E-state index >= 15 is 0 Å². The molecule has 0 bridgehead atoms. The van der Waals surface area contributed by atoms with Crippen LogP contribution in [0.1, 0.15) is 5.56 Å². The summed E-state index contributed by atoms with van der Waals surface area (Å²) in [5, 5.41) is 10.7. The lowest BCUT2D eigenvalue weighted by Gasteiger charge is -2.08. The van der Waals surface area contributed by atoms with Crippen molar-refractivity contribution in [1.82, 2.24) is 4.57 Å². The molecule has 3 N–H and O–H groups in total. The zero-order valence-corrected chi connectivity index (χ0v) is 8.85. The molecule has 0 fully saturated rings. The van der Waals surface area contributed by atoms with Gasteiger partial charge in [0.2, 0.25) is 0 Å². The molecule has 1 aromatic heterocycles. The Labute approximate surface area is 89.1 Å². The third-order valence-corrected chi connectivity index (χ3v) is 2.70. The average molecular weight is 204 g/mol. The number of aromatic nitrogens is 1. The van der Waals surface area contributed by atoms with Crippen molar-refractivity contribution in [2.75, 3.05) is 6.54 Å². The van der Waals surface area contributed by atoms with Crippen LogP contribution < -0.4 is 5.73 Å². The van der Waals surface area contributed by atoms with Gasteiger partial charge in [-0.05, 0) is 29.5 Å². The van der Waals surface area contributed by atoms with Gasteiger partial charge in [-0.15, -0.1) is 0 Å². The fourth-order valence-electron chi connectivity index (χ4n) is 1.79. The summed E-state index contributed by atoms with van der Waals surface area (Å²) in [5.41, 5.74) is 7.71. The molecule has 0 radical (unpaired) electrons. The number of rotatable bonds is 3. The van der Waals surface area contributed by atoms with Gasteiger partial charge in [-0.2, -0.15) is 0 Å². The van der Waals surface area contributed by atoms with E-state index in [0.717, 1.165) is 5.56 Å². The standard InChI is InChI=1S/C12H16N2O/c1-14-5-4-10-3-2-9(7-12(10)14)6-11(15)8-13/h2-5,7,11,15H,6,8,13H2,1H3. The second-order valence-corrected chi connectivity index (χ2v) is 3.91.